The van der Waals surface area contributed by atoms with Gasteiger partial charge in [0.1, 0.15) is 17.8 Å². The summed E-state index contributed by atoms with van der Waals surface area (Å²) in [4.78, 5) is 53.7. The summed E-state index contributed by atoms with van der Waals surface area (Å²) in [6.45, 7) is 28.2. The van der Waals surface area contributed by atoms with E-state index in [9.17, 15) is 19.2 Å². The van der Waals surface area contributed by atoms with Crippen molar-refractivity contribution < 1.29 is 42.9 Å². The summed E-state index contributed by atoms with van der Waals surface area (Å²) in [5.41, 5.74) is -1.20. The van der Waals surface area contributed by atoms with E-state index in [-0.39, 0.29) is 54.9 Å². The number of carbonyl (C=O) groups is 4. The van der Waals surface area contributed by atoms with Crippen LogP contribution in [0.4, 0.5) is 9.59 Å². The molecule has 0 aromatic rings. The SMILES string of the molecule is CCC[C@@H](CCCC/C=C\CCCC(=O)O)N(CCOC(=O)CCC/C=C\CCCC[C@H](CCC)N(CCO[Si](C)(C)C(C)(C)C)C(=O)OC(C)(C)C)C(=O)OC(C)(C)C. The van der Waals surface area contributed by atoms with Crippen molar-refractivity contribution in [1.82, 2.24) is 9.80 Å². The first-order valence-electron chi connectivity index (χ1n) is 23.2. The zero-order valence-electron chi connectivity index (χ0n) is 40.6. The molecule has 0 aromatic carbocycles. The molecule has 0 heterocycles. The Bertz CT molecular complexity index is 1260. The summed E-state index contributed by atoms with van der Waals surface area (Å²) in [7, 11) is -1.94. The maximum Gasteiger partial charge on any atom is 0.410 e. The number of esters is 1. The normalized spacial score (nSPS) is 13.7. The van der Waals surface area contributed by atoms with Crippen LogP contribution in [0.2, 0.25) is 18.1 Å². The van der Waals surface area contributed by atoms with Gasteiger partial charge < -0.3 is 33.5 Å². The van der Waals surface area contributed by atoms with Gasteiger partial charge in [0.05, 0.1) is 13.2 Å². The van der Waals surface area contributed by atoms with E-state index >= 15 is 0 Å². The number of nitrogens with zero attached hydrogens (tertiary/aromatic N) is 2. The molecule has 0 aliphatic heterocycles. The van der Waals surface area contributed by atoms with Crippen LogP contribution in [0.1, 0.15) is 192 Å². The Labute approximate surface area is 367 Å². The second kappa shape index (κ2) is 30.2. The van der Waals surface area contributed by atoms with Gasteiger partial charge in [0.25, 0.3) is 0 Å². The average molecular weight is 867 g/mol. The molecule has 0 bridgehead atoms. The summed E-state index contributed by atoms with van der Waals surface area (Å²) < 4.78 is 23.7. The predicted octanol–water partition coefficient (Wildman–Crippen LogP) is 13.0. The number of carbonyl (C=O) groups excluding carboxylic acids is 3. The molecule has 2 amide bonds. The Morgan fingerprint density at radius 3 is 1.37 bits per heavy atom. The number of amides is 2. The number of rotatable bonds is 31. The van der Waals surface area contributed by atoms with Gasteiger partial charge in [-0.2, -0.15) is 0 Å². The molecule has 350 valence electrons. The summed E-state index contributed by atoms with van der Waals surface area (Å²) in [5, 5.41) is 8.89. The van der Waals surface area contributed by atoms with Crippen LogP contribution < -0.4 is 0 Å². The number of carboxylic acid groups (broad SMARTS) is 1. The van der Waals surface area contributed by atoms with Crippen LogP contribution in [0.5, 0.6) is 0 Å². The maximum atomic E-state index is 13.4. The van der Waals surface area contributed by atoms with Gasteiger partial charge in [0.2, 0.25) is 0 Å². The Balaban J connectivity index is 4.96. The van der Waals surface area contributed by atoms with E-state index in [1.54, 1.807) is 4.90 Å². The minimum Gasteiger partial charge on any atom is -0.481 e. The molecule has 0 aliphatic rings. The standard InChI is InChI=1S/C48H90N2O9Si/c1-14-30-40(32-26-22-18-16-20-24-28-34-42(51)52)49(44(54)58-46(3,4)5)36-38-56-43(53)35-29-25-21-17-19-23-27-33-41(31-15-2)50(45(55)59-47(6,7)8)37-39-57-60(12,13)48(9,10)11/h16-17,20-21,40-41H,14-15,18-19,22-39H2,1-13H3,(H,51,52)/b20-16-,21-17-/t40-,41-/m0/s1. The van der Waals surface area contributed by atoms with Crippen molar-refractivity contribution in [3.05, 3.63) is 24.3 Å². The topological polar surface area (TPSA) is 132 Å². The number of carboxylic acids is 1. The van der Waals surface area contributed by atoms with E-state index < -0.39 is 25.5 Å². The monoisotopic (exact) mass is 867 g/mol. The molecule has 0 spiro atoms. The lowest BCUT2D eigenvalue weighted by Gasteiger charge is -2.38. The van der Waals surface area contributed by atoms with Crippen molar-refractivity contribution in [2.24, 2.45) is 0 Å². The third-order valence-electron chi connectivity index (χ3n) is 10.7. The van der Waals surface area contributed by atoms with Crippen LogP contribution in [0.3, 0.4) is 0 Å². The number of allylic oxidation sites excluding steroid dienone is 4. The van der Waals surface area contributed by atoms with Crippen LogP contribution in [-0.4, -0.2) is 96.9 Å². The van der Waals surface area contributed by atoms with E-state index in [1.165, 1.54) is 0 Å². The molecule has 0 saturated heterocycles. The summed E-state index contributed by atoms with van der Waals surface area (Å²) in [6.07, 6.45) is 22.4. The Hall–Kier alpha value is -2.86. The molecular formula is C48H90N2O9Si. The highest BCUT2D eigenvalue weighted by molar-refractivity contribution is 6.74. The van der Waals surface area contributed by atoms with Gasteiger partial charge in [0, 0.05) is 31.5 Å². The molecule has 0 aliphatic carbocycles. The van der Waals surface area contributed by atoms with Crippen LogP contribution in [0.25, 0.3) is 0 Å². The Morgan fingerprint density at radius 1 is 0.583 bits per heavy atom. The molecular weight excluding hydrogens is 777 g/mol. The first-order chi connectivity index (χ1) is 27.9. The summed E-state index contributed by atoms with van der Waals surface area (Å²) in [6, 6.07) is 0.0843. The molecule has 0 unspecified atom stereocenters. The minimum atomic E-state index is -1.94. The fourth-order valence-corrected chi connectivity index (χ4v) is 7.54. The molecule has 0 aromatic heterocycles. The third kappa shape index (κ3) is 28.6. The second-order valence-electron chi connectivity index (χ2n) is 19.8. The van der Waals surface area contributed by atoms with Gasteiger partial charge in [-0.1, -0.05) is 84.6 Å². The van der Waals surface area contributed by atoms with Gasteiger partial charge in [-0.05, 0) is 137 Å². The van der Waals surface area contributed by atoms with Crippen molar-refractivity contribution in [2.45, 2.75) is 233 Å². The lowest BCUT2D eigenvalue weighted by molar-refractivity contribution is -0.144. The molecule has 0 saturated carbocycles. The molecule has 2 atom stereocenters. The molecule has 0 rings (SSSR count). The van der Waals surface area contributed by atoms with Gasteiger partial charge in [-0.25, -0.2) is 9.59 Å². The largest absolute Gasteiger partial charge is 0.481 e. The predicted molar refractivity (Wildman–Crippen MR) is 248 cm³/mol. The van der Waals surface area contributed by atoms with Crippen molar-refractivity contribution in [3.8, 4) is 0 Å². The first-order valence-corrected chi connectivity index (χ1v) is 26.2. The van der Waals surface area contributed by atoms with Crippen molar-refractivity contribution in [1.29, 1.82) is 0 Å². The molecule has 1 N–H and O–H groups in total. The van der Waals surface area contributed by atoms with Crippen molar-refractivity contribution in [2.75, 3.05) is 26.3 Å². The smallest absolute Gasteiger partial charge is 0.410 e. The number of hydrogen-bond acceptors (Lipinski definition) is 8. The quantitative estimate of drug-likeness (QED) is 0.0238. The molecule has 0 fully saturated rings. The van der Waals surface area contributed by atoms with Crippen LogP contribution in [0.15, 0.2) is 24.3 Å². The molecule has 11 nitrogen and oxygen atoms in total. The number of unbranched alkanes of at least 4 members (excludes halogenated alkanes) is 6. The fraction of sp³-hybridized carbons (Fsp3) is 0.833. The Morgan fingerprint density at radius 2 is 0.983 bits per heavy atom. The average Bonchev–Trinajstić information content (AvgIpc) is 3.11. The highest BCUT2D eigenvalue weighted by Crippen LogP contribution is 2.36. The number of ether oxygens (including phenoxy) is 3. The molecule has 0 radical (unpaired) electrons. The van der Waals surface area contributed by atoms with E-state index in [0.717, 1.165) is 89.9 Å². The lowest BCUT2D eigenvalue weighted by atomic mass is 10.0. The summed E-state index contributed by atoms with van der Waals surface area (Å²) >= 11 is 0. The van der Waals surface area contributed by atoms with Gasteiger partial charge in [-0.15, -0.1) is 0 Å². The fourth-order valence-electron chi connectivity index (χ4n) is 6.50. The van der Waals surface area contributed by atoms with E-state index in [2.05, 4.69) is 65.9 Å². The van der Waals surface area contributed by atoms with Gasteiger partial charge in [0.15, 0.2) is 8.32 Å². The molecule has 60 heavy (non-hydrogen) atoms. The van der Waals surface area contributed by atoms with Crippen molar-refractivity contribution in [3.63, 3.8) is 0 Å². The maximum absolute atomic E-state index is 13.4. The van der Waals surface area contributed by atoms with E-state index in [4.69, 9.17) is 23.7 Å². The highest BCUT2D eigenvalue weighted by Gasteiger charge is 2.38. The van der Waals surface area contributed by atoms with Crippen LogP contribution >= 0.6 is 0 Å². The van der Waals surface area contributed by atoms with Gasteiger partial charge in [-0.3, -0.25) is 9.59 Å². The van der Waals surface area contributed by atoms with E-state index in [1.807, 2.05) is 52.5 Å². The van der Waals surface area contributed by atoms with Gasteiger partial charge >= 0.3 is 24.1 Å². The number of hydrogen-bond donors (Lipinski definition) is 1. The van der Waals surface area contributed by atoms with Crippen LogP contribution in [-0.2, 0) is 28.2 Å². The first kappa shape index (κ1) is 57.1. The van der Waals surface area contributed by atoms with Crippen molar-refractivity contribution >= 4 is 32.4 Å². The number of aliphatic carboxylic acids is 1. The summed E-state index contributed by atoms with van der Waals surface area (Å²) in [5.74, 6) is -1.03. The zero-order valence-corrected chi connectivity index (χ0v) is 41.6. The minimum absolute atomic E-state index is 0.0124. The highest BCUT2D eigenvalue weighted by atomic mass is 28.4. The third-order valence-corrected chi connectivity index (χ3v) is 15.3. The Kier molecular flexibility index (Phi) is 28.8. The second-order valence-corrected chi connectivity index (χ2v) is 24.6. The molecule has 12 heteroatoms. The lowest BCUT2D eigenvalue weighted by Crippen LogP contribution is -2.47. The van der Waals surface area contributed by atoms with E-state index in [0.29, 0.717) is 32.4 Å². The zero-order chi connectivity index (χ0) is 45.8. The van der Waals surface area contributed by atoms with Crippen LogP contribution in [0, 0.1) is 0 Å².